The van der Waals surface area contributed by atoms with E-state index in [0.717, 1.165) is 24.6 Å². The van der Waals surface area contributed by atoms with Gasteiger partial charge in [-0.25, -0.2) is 4.99 Å². The number of hydrogen-bond acceptors (Lipinski definition) is 3. The average Bonchev–Trinajstić information content (AvgIpc) is 2.69. The minimum atomic E-state index is -0.496. The zero-order valence-electron chi connectivity index (χ0n) is 17.3. The van der Waals surface area contributed by atoms with E-state index >= 15 is 0 Å². The Labute approximate surface area is 190 Å². The van der Waals surface area contributed by atoms with Crippen LogP contribution in [0.4, 0.5) is 0 Å². The van der Waals surface area contributed by atoms with Crippen LogP contribution in [0.2, 0.25) is 0 Å². The fourth-order valence-electron chi connectivity index (χ4n) is 2.66. The van der Waals surface area contributed by atoms with Gasteiger partial charge in [0.25, 0.3) is 5.91 Å². The quantitative estimate of drug-likeness (QED) is 0.274. The number of guanidine groups is 1. The molecule has 2 aromatic rings. The Morgan fingerprint density at radius 3 is 2.55 bits per heavy atom. The largest absolute Gasteiger partial charge is 0.484 e. The molecular weight excluding hydrogens is 479 g/mol. The predicted molar refractivity (Wildman–Crippen MR) is 129 cm³/mol. The van der Waals surface area contributed by atoms with Gasteiger partial charge in [-0.15, -0.1) is 24.0 Å². The number of benzene rings is 2. The van der Waals surface area contributed by atoms with Crippen LogP contribution in [-0.4, -0.2) is 31.6 Å². The van der Waals surface area contributed by atoms with Crippen LogP contribution in [-0.2, 0) is 11.3 Å². The van der Waals surface area contributed by atoms with Crippen molar-refractivity contribution in [2.75, 3.05) is 19.7 Å². The number of nitrogens with one attached hydrogen (secondary N) is 2. The summed E-state index contributed by atoms with van der Waals surface area (Å²) in [6.45, 7) is 8.27. The van der Waals surface area contributed by atoms with Gasteiger partial charge >= 0.3 is 0 Å². The minimum Gasteiger partial charge on any atom is -0.484 e. The number of hydrogen-bond donors (Lipinski definition) is 3. The van der Waals surface area contributed by atoms with Crippen molar-refractivity contribution in [1.29, 1.82) is 0 Å². The summed E-state index contributed by atoms with van der Waals surface area (Å²) in [5.74, 6) is 1.25. The van der Waals surface area contributed by atoms with E-state index in [4.69, 9.17) is 10.5 Å². The van der Waals surface area contributed by atoms with E-state index in [0.29, 0.717) is 18.2 Å². The first-order chi connectivity index (χ1) is 13.5. The summed E-state index contributed by atoms with van der Waals surface area (Å²) >= 11 is 0. The number of amides is 1. The lowest BCUT2D eigenvalue weighted by atomic mass is 10.0. The van der Waals surface area contributed by atoms with Crippen LogP contribution in [0.3, 0.4) is 0 Å². The number of nitrogens with zero attached hydrogens (tertiary/aromatic N) is 1. The summed E-state index contributed by atoms with van der Waals surface area (Å²) in [5, 5.41) is 6.67. The fourth-order valence-corrected chi connectivity index (χ4v) is 2.66. The molecule has 7 heteroatoms. The number of carbonyl (C=O) groups excluding carboxylic acids is 1. The smallest absolute Gasteiger partial charge is 0.255 e. The average molecular weight is 510 g/mol. The van der Waals surface area contributed by atoms with Gasteiger partial charge in [0.2, 0.25) is 0 Å². The molecule has 0 saturated carbocycles. The monoisotopic (exact) mass is 510 g/mol. The lowest BCUT2D eigenvalue weighted by Gasteiger charge is -2.16. The molecule has 1 atom stereocenters. The van der Waals surface area contributed by atoms with Gasteiger partial charge in [0, 0.05) is 13.1 Å². The maximum atomic E-state index is 10.8. The molecule has 2 rings (SSSR count). The molecule has 29 heavy (non-hydrogen) atoms. The van der Waals surface area contributed by atoms with Gasteiger partial charge in [0.1, 0.15) is 5.75 Å². The van der Waals surface area contributed by atoms with Gasteiger partial charge in [0.05, 0.1) is 6.54 Å². The molecule has 0 aliphatic rings. The highest BCUT2D eigenvalue weighted by atomic mass is 127. The van der Waals surface area contributed by atoms with Crippen LogP contribution >= 0.6 is 24.0 Å². The number of carbonyl (C=O) groups is 1. The second-order valence-electron chi connectivity index (χ2n) is 6.79. The third-order valence-corrected chi connectivity index (χ3v) is 4.27. The number of aliphatic imine (C=N–C) groups is 1. The Bertz CT molecular complexity index is 794. The van der Waals surface area contributed by atoms with Gasteiger partial charge in [-0.1, -0.05) is 48.9 Å². The van der Waals surface area contributed by atoms with Crippen molar-refractivity contribution in [1.82, 2.24) is 10.6 Å². The van der Waals surface area contributed by atoms with Crippen molar-refractivity contribution in [3.63, 3.8) is 0 Å². The SMILES string of the molecule is CCNC(=NCc1cccc(OCC(N)=O)c1)NCC(C)c1ccc(C)cc1.I. The second-order valence-corrected chi connectivity index (χ2v) is 6.79. The number of nitrogens with two attached hydrogens (primary N) is 1. The Balaban J connectivity index is 0.00000420. The summed E-state index contributed by atoms with van der Waals surface area (Å²) in [4.78, 5) is 15.5. The number of rotatable bonds is 9. The highest BCUT2D eigenvalue weighted by molar-refractivity contribution is 14.0. The molecule has 158 valence electrons. The molecule has 0 heterocycles. The Morgan fingerprint density at radius 2 is 1.90 bits per heavy atom. The van der Waals surface area contributed by atoms with Gasteiger partial charge in [-0.3, -0.25) is 4.79 Å². The Morgan fingerprint density at radius 1 is 1.17 bits per heavy atom. The molecule has 0 radical (unpaired) electrons. The Kier molecular flexibility index (Phi) is 11.1. The summed E-state index contributed by atoms with van der Waals surface area (Å²) in [7, 11) is 0. The van der Waals surface area contributed by atoms with E-state index in [1.165, 1.54) is 11.1 Å². The van der Waals surface area contributed by atoms with E-state index in [1.807, 2.05) is 25.1 Å². The molecule has 0 saturated heterocycles. The third kappa shape index (κ3) is 9.17. The molecule has 0 fully saturated rings. The zero-order valence-corrected chi connectivity index (χ0v) is 19.6. The van der Waals surface area contributed by atoms with E-state index in [9.17, 15) is 4.79 Å². The van der Waals surface area contributed by atoms with Crippen molar-refractivity contribution in [3.8, 4) is 5.75 Å². The highest BCUT2D eigenvalue weighted by Gasteiger charge is 2.07. The molecular formula is C22H31IN4O2. The standard InChI is InChI=1S/C22H30N4O2.HI/c1-4-24-22(25-13-17(3)19-10-8-16(2)9-11-19)26-14-18-6-5-7-20(12-18)28-15-21(23)27;/h5-12,17H,4,13-15H2,1-3H3,(H2,23,27)(H2,24,25,26);1H. The van der Waals surface area contributed by atoms with Crippen molar-refractivity contribution >= 4 is 35.8 Å². The summed E-state index contributed by atoms with van der Waals surface area (Å²) in [6, 6.07) is 16.1. The van der Waals surface area contributed by atoms with Gasteiger partial charge < -0.3 is 21.1 Å². The van der Waals surface area contributed by atoms with E-state index in [1.54, 1.807) is 6.07 Å². The summed E-state index contributed by atoms with van der Waals surface area (Å²) in [5.41, 5.74) is 8.67. The van der Waals surface area contributed by atoms with Crippen LogP contribution in [0.15, 0.2) is 53.5 Å². The molecule has 1 amide bonds. The molecule has 2 aromatic carbocycles. The summed E-state index contributed by atoms with van der Waals surface area (Å²) < 4.78 is 5.34. The van der Waals surface area contributed by atoms with Crippen LogP contribution < -0.4 is 21.1 Å². The lowest BCUT2D eigenvalue weighted by molar-refractivity contribution is -0.119. The van der Waals surface area contributed by atoms with E-state index in [-0.39, 0.29) is 30.6 Å². The van der Waals surface area contributed by atoms with Crippen LogP contribution in [0.25, 0.3) is 0 Å². The minimum absolute atomic E-state index is 0. The van der Waals surface area contributed by atoms with Crippen LogP contribution in [0.5, 0.6) is 5.75 Å². The van der Waals surface area contributed by atoms with Gasteiger partial charge in [-0.05, 0) is 43.0 Å². The maximum absolute atomic E-state index is 10.8. The van der Waals surface area contributed by atoms with Gasteiger partial charge in [0.15, 0.2) is 12.6 Å². The van der Waals surface area contributed by atoms with Crippen molar-refractivity contribution in [2.45, 2.75) is 33.2 Å². The topological polar surface area (TPSA) is 88.7 Å². The molecule has 4 N–H and O–H groups in total. The molecule has 1 unspecified atom stereocenters. The molecule has 0 bridgehead atoms. The lowest BCUT2D eigenvalue weighted by Crippen LogP contribution is -2.39. The van der Waals surface area contributed by atoms with E-state index in [2.05, 4.69) is 53.7 Å². The zero-order chi connectivity index (χ0) is 20.4. The normalized spacial score (nSPS) is 11.9. The molecule has 6 nitrogen and oxygen atoms in total. The van der Waals surface area contributed by atoms with Crippen molar-refractivity contribution in [3.05, 3.63) is 65.2 Å². The number of ether oxygens (including phenoxy) is 1. The van der Waals surface area contributed by atoms with Gasteiger partial charge in [-0.2, -0.15) is 0 Å². The highest BCUT2D eigenvalue weighted by Crippen LogP contribution is 2.15. The fraction of sp³-hybridized carbons (Fsp3) is 0.364. The molecule has 0 spiro atoms. The first kappa shape index (κ1) is 24.7. The second kappa shape index (κ2) is 13.0. The molecule has 0 aliphatic heterocycles. The summed E-state index contributed by atoms with van der Waals surface area (Å²) in [6.07, 6.45) is 0. The number of halogens is 1. The first-order valence-corrected chi connectivity index (χ1v) is 9.56. The third-order valence-electron chi connectivity index (χ3n) is 4.27. The predicted octanol–water partition coefficient (Wildman–Crippen LogP) is 3.34. The molecule has 0 aliphatic carbocycles. The first-order valence-electron chi connectivity index (χ1n) is 9.56. The Hall–Kier alpha value is -2.29. The van der Waals surface area contributed by atoms with Crippen molar-refractivity contribution < 1.29 is 9.53 Å². The number of aryl methyl sites for hydroxylation is 1. The van der Waals surface area contributed by atoms with Crippen LogP contribution in [0.1, 0.15) is 36.5 Å². The van der Waals surface area contributed by atoms with E-state index < -0.39 is 5.91 Å². The maximum Gasteiger partial charge on any atom is 0.255 e. The molecule has 0 aromatic heterocycles. The number of primary amides is 1. The van der Waals surface area contributed by atoms with Crippen molar-refractivity contribution in [2.24, 2.45) is 10.7 Å². The van der Waals surface area contributed by atoms with Crippen LogP contribution in [0, 0.1) is 6.92 Å².